The van der Waals surface area contributed by atoms with E-state index >= 15 is 0 Å². The summed E-state index contributed by atoms with van der Waals surface area (Å²) in [6.45, 7) is 7.68. The third-order valence-corrected chi connectivity index (χ3v) is 4.94. The summed E-state index contributed by atoms with van der Waals surface area (Å²) in [5.74, 6) is -0.152. The van der Waals surface area contributed by atoms with Gasteiger partial charge in [-0.05, 0) is 43.0 Å². The lowest BCUT2D eigenvalue weighted by atomic mass is 10.1. The molecule has 154 valence electrons. The lowest BCUT2D eigenvalue weighted by molar-refractivity contribution is 0.0724. The third-order valence-electron chi connectivity index (χ3n) is 4.94. The zero-order valence-electron chi connectivity index (χ0n) is 17.2. The standard InChI is InChI=1S/C23H27F2N3O/c1-4-12-28-21-10-9-17(24)14-20(21)26-22(28)15-27(13-11-16(2)3)23(29)18-7-5-6-8-19(18)25/h5-10,14,16H,4,11-13,15H2,1-3H3. The van der Waals surface area contributed by atoms with Crippen LogP contribution in [0.2, 0.25) is 0 Å². The van der Waals surface area contributed by atoms with Gasteiger partial charge in [0.15, 0.2) is 0 Å². The number of aryl methyl sites for hydroxylation is 1. The first kappa shape index (κ1) is 21.0. The number of rotatable bonds is 8. The fourth-order valence-corrected chi connectivity index (χ4v) is 3.39. The van der Waals surface area contributed by atoms with Crippen LogP contribution in [-0.2, 0) is 13.1 Å². The van der Waals surface area contributed by atoms with Gasteiger partial charge < -0.3 is 9.47 Å². The molecule has 0 spiro atoms. The molecule has 6 heteroatoms. The average molecular weight is 399 g/mol. The molecule has 0 fully saturated rings. The van der Waals surface area contributed by atoms with Crippen LogP contribution in [0.3, 0.4) is 0 Å². The number of fused-ring (bicyclic) bond motifs is 1. The maximum Gasteiger partial charge on any atom is 0.257 e. The summed E-state index contributed by atoms with van der Waals surface area (Å²) in [7, 11) is 0. The summed E-state index contributed by atoms with van der Waals surface area (Å²) in [5, 5.41) is 0. The number of carbonyl (C=O) groups excluding carboxylic acids is 1. The Balaban J connectivity index is 1.98. The van der Waals surface area contributed by atoms with Crippen molar-refractivity contribution in [1.82, 2.24) is 14.5 Å². The van der Waals surface area contributed by atoms with Crippen molar-refractivity contribution in [3.05, 3.63) is 65.5 Å². The van der Waals surface area contributed by atoms with Crippen molar-refractivity contribution in [3.63, 3.8) is 0 Å². The van der Waals surface area contributed by atoms with E-state index in [4.69, 9.17) is 0 Å². The fourth-order valence-electron chi connectivity index (χ4n) is 3.39. The van der Waals surface area contributed by atoms with Crippen molar-refractivity contribution in [2.24, 2.45) is 5.92 Å². The Labute approximate surface area is 170 Å². The molecular weight excluding hydrogens is 372 g/mol. The second-order valence-corrected chi connectivity index (χ2v) is 7.70. The molecule has 3 aromatic rings. The minimum Gasteiger partial charge on any atom is -0.331 e. The molecule has 4 nitrogen and oxygen atoms in total. The van der Waals surface area contributed by atoms with E-state index in [1.807, 2.05) is 4.57 Å². The van der Waals surface area contributed by atoms with Crippen molar-refractivity contribution >= 4 is 16.9 Å². The van der Waals surface area contributed by atoms with Gasteiger partial charge >= 0.3 is 0 Å². The monoisotopic (exact) mass is 399 g/mol. The van der Waals surface area contributed by atoms with Gasteiger partial charge in [-0.15, -0.1) is 0 Å². The van der Waals surface area contributed by atoms with Gasteiger partial charge in [0.1, 0.15) is 17.5 Å². The maximum atomic E-state index is 14.2. The van der Waals surface area contributed by atoms with E-state index in [1.165, 1.54) is 24.3 Å². The Morgan fingerprint density at radius 2 is 1.93 bits per heavy atom. The van der Waals surface area contributed by atoms with Crippen LogP contribution in [0, 0.1) is 17.6 Å². The van der Waals surface area contributed by atoms with Gasteiger partial charge in [0.2, 0.25) is 0 Å². The molecule has 0 radical (unpaired) electrons. The van der Waals surface area contributed by atoms with Gasteiger partial charge in [-0.1, -0.05) is 32.9 Å². The highest BCUT2D eigenvalue weighted by molar-refractivity contribution is 5.94. The quantitative estimate of drug-likeness (QED) is 0.508. The average Bonchev–Trinajstić information content (AvgIpc) is 3.01. The normalized spacial score (nSPS) is 11.4. The summed E-state index contributed by atoms with van der Waals surface area (Å²) in [6, 6.07) is 10.6. The van der Waals surface area contributed by atoms with Gasteiger partial charge in [-0.2, -0.15) is 0 Å². The first-order valence-corrected chi connectivity index (χ1v) is 10.1. The zero-order chi connectivity index (χ0) is 21.0. The summed E-state index contributed by atoms with van der Waals surface area (Å²) in [6.07, 6.45) is 1.67. The van der Waals surface area contributed by atoms with Crippen LogP contribution in [0.15, 0.2) is 42.5 Å². The smallest absolute Gasteiger partial charge is 0.257 e. The van der Waals surface area contributed by atoms with E-state index in [9.17, 15) is 13.6 Å². The summed E-state index contributed by atoms with van der Waals surface area (Å²) in [5.41, 5.74) is 1.46. The van der Waals surface area contributed by atoms with Crippen LogP contribution < -0.4 is 0 Å². The van der Waals surface area contributed by atoms with E-state index in [-0.39, 0.29) is 23.8 Å². The highest BCUT2D eigenvalue weighted by Gasteiger charge is 2.22. The molecule has 1 amide bonds. The lowest BCUT2D eigenvalue weighted by Crippen LogP contribution is -2.34. The van der Waals surface area contributed by atoms with Crippen molar-refractivity contribution in [1.29, 1.82) is 0 Å². The third kappa shape index (κ3) is 4.81. The predicted octanol–water partition coefficient (Wildman–Crippen LogP) is 5.41. The molecule has 0 N–H and O–H groups in total. The van der Waals surface area contributed by atoms with Crippen LogP contribution >= 0.6 is 0 Å². The van der Waals surface area contributed by atoms with Crippen LogP contribution in [0.4, 0.5) is 8.78 Å². The Morgan fingerprint density at radius 3 is 2.62 bits per heavy atom. The minimum absolute atomic E-state index is 0.0560. The molecule has 29 heavy (non-hydrogen) atoms. The predicted molar refractivity (Wildman–Crippen MR) is 111 cm³/mol. The number of aromatic nitrogens is 2. The molecule has 0 unspecified atom stereocenters. The second-order valence-electron chi connectivity index (χ2n) is 7.70. The highest BCUT2D eigenvalue weighted by Crippen LogP contribution is 2.21. The van der Waals surface area contributed by atoms with Crippen molar-refractivity contribution in [2.75, 3.05) is 6.54 Å². The topological polar surface area (TPSA) is 38.1 Å². The molecule has 1 heterocycles. The molecule has 2 aromatic carbocycles. The molecule has 0 bridgehead atoms. The SMILES string of the molecule is CCCn1c(CN(CCC(C)C)C(=O)c2ccccc2F)nc2cc(F)ccc21. The van der Waals surface area contributed by atoms with E-state index in [2.05, 4.69) is 25.8 Å². The number of carbonyl (C=O) groups is 1. The van der Waals surface area contributed by atoms with Gasteiger partial charge in [-0.3, -0.25) is 4.79 Å². The van der Waals surface area contributed by atoms with E-state index < -0.39 is 5.82 Å². The summed E-state index contributed by atoms with van der Waals surface area (Å²) in [4.78, 5) is 19.3. The molecule has 0 aliphatic carbocycles. The Hall–Kier alpha value is -2.76. The van der Waals surface area contributed by atoms with Gasteiger partial charge in [0, 0.05) is 19.2 Å². The molecule has 0 aliphatic heterocycles. The Morgan fingerprint density at radius 1 is 1.17 bits per heavy atom. The highest BCUT2D eigenvalue weighted by atomic mass is 19.1. The lowest BCUT2D eigenvalue weighted by Gasteiger charge is -2.24. The Kier molecular flexibility index (Phi) is 6.62. The van der Waals surface area contributed by atoms with Crippen molar-refractivity contribution < 1.29 is 13.6 Å². The fraction of sp³-hybridized carbons (Fsp3) is 0.391. The molecule has 0 atom stereocenters. The number of halogens is 2. The molecule has 0 aliphatic rings. The second kappa shape index (κ2) is 9.16. The number of imidazole rings is 1. The molecular formula is C23H27F2N3O. The first-order chi connectivity index (χ1) is 13.9. The number of nitrogens with zero attached hydrogens (tertiary/aromatic N) is 3. The number of hydrogen-bond acceptors (Lipinski definition) is 2. The molecule has 0 saturated heterocycles. The Bertz CT molecular complexity index is 997. The van der Waals surface area contributed by atoms with Crippen LogP contribution in [0.1, 0.15) is 49.8 Å². The van der Waals surface area contributed by atoms with Crippen LogP contribution in [-0.4, -0.2) is 26.9 Å². The molecule has 0 saturated carbocycles. The van der Waals surface area contributed by atoms with Crippen molar-refractivity contribution in [2.45, 2.75) is 46.7 Å². The molecule has 3 rings (SSSR count). The van der Waals surface area contributed by atoms with Gasteiger partial charge in [-0.25, -0.2) is 13.8 Å². The largest absolute Gasteiger partial charge is 0.331 e. The molecule has 1 aromatic heterocycles. The zero-order valence-corrected chi connectivity index (χ0v) is 17.2. The van der Waals surface area contributed by atoms with E-state index in [0.29, 0.717) is 30.3 Å². The minimum atomic E-state index is -0.531. The van der Waals surface area contributed by atoms with Gasteiger partial charge in [0.25, 0.3) is 5.91 Å². The van der Waals surface area contributed by atoms with Gasteiger partial charge in [0.05, 0.1) is 23.1 Å². The maximum absolute atomic E-state index is 14.2. The number of hydrogen-bond donors (Lipinski definition) is 0. The van der Waals surface area contributed by atoms with Crippen molar-refractivity contribution in [3.8, 4) is 0 Å². The van der Waals surface area contributed by atoms with Crippen LogP contribution in [0.25, 0.3) is 11.0 Å². The number of benzene rings is 2. The number of amides is 1. The van der Waals surface area contributed by atoms with Crippen LogP contribution in [0.5, 0.6) is 0 Å². The van der Waals surface area contributed by atoms with E-state index in [1.54, 1.807) is 23.1 Å². The summed E-state index contributed by atoms with van der Waals surface area (Å²) < 4.78 is 29.9. The van der Waals surface area contributed by atoms with E-state index in [0.717, 1.165) is 18.4 Å². The first-order valence-electron chi connectivity index (χ1n) is 10.1. The summed E-state index contributed by atoms with van der Waals surface area (Å²) >= 11 is 0.